The fourth-order valence-corrected chi connectivity index (χ4v) is 5.67. The molecule has 2 aromatic carbocycles. The van der Waals surface area contributed by atoms with Gasteiger partial charge in [0.1, 0.15) is 5.01 Å². The van der Waals surface area contributed by atoms with E-state index in [0.29, 0.717) is 16.7 Å². The van der Waals surface area contributed by atoms with Crippen LogP contribution in [0.1, 0.15) is 41.8 Å². The number of benzene rings is 2. The summed E-state index contributed by atoms with van der Waals surface area (Å²) in [6.45, 7) is 3.63. The maximum Gasteiger partial charge on any atom is 0.231 e. The smallest absolute Gasteiger partial charge is 0.231 e. The van der Waals surface area contributed by atoms with Crippen LogP contribution in [-0.2, 0) is 29.0 Å². The van der Waals surface area contributed by atoms with Gasteiger partial charge in [-0.3, -0.25) is 14.5 Å². The molecule has 2 amide bonds. The summed E-state index contributed by atoms with van der Waals surface area (Å²) in [5.74, 6) is -0.625. The SMILES string of the molecule is O=C(Nc1nnc(CCc2ccc(Cl)cc2)s1)C1CC(=O)N(c2ccc(CN3CCCCC3)cc2)C1. The first-order valence-corrected chi connectivity index (χ1v) is 13.7. The van der Waals surface area contributed by atoms with Crippen LogP contribution < -0.4 is 10.2 Å². The molecule has 0 bridgehead atoms. The molecule has 1 atom stereocenters. The first kappa shape index (κ1) is 24.9. The first-order valence-electron chi connectivity index (χ1n) is 12.5. The third-order valence-corrected chi connectivity index (χ3v) is 7.99. The molecule has 0 spiro atoms. The predicted molar refractivity (Wildman–Crippen MR) is 143 cm³/mol. The minimum Gasteiger partial charge on any atom is -0.312 e. The van der Waals surface area contributed by atoms with E-state index in [4.69, 9.17) is 11.6 Å². The minimum atomic E-state index is -0.410. The summed E-state index contributed by atoms with van der Waals surface area (Å²) in [5, 5.41) is 13.2. The molecule has 2 aliphatic heterocycles. The quantitative estimate of drug-likeness (QED) is 0.452. The van der Waals surface area contributed by atoms with Gasteiger partial charge in [-0.1, -0.05) is 53.6 Å². The van der Waals surface area contributed by atoms with Crippen LogP contribution in [0.3, 0.4) is 0 Å². The number of anilines is 2. The summed E-state index contributed by atoms with van der Waals surface area (Å²) >= 11 is 7.31. The molecule has 1 unspecified atom stereocenters. The van der Waals surface area contributed by atoms with Crippen LogP contribution >= 0.6 is 22.9 Å². The molecule has 0 radical (unpaired) electrons. The number of likely N-dealkylation sites (tertiary alicyclic amines) is 1. The number of hydrogen-bond donors (Lipinski definition) is 1. The highest BCUT2D eigenvalue weighted by Crippen LogP contribution is 2.27. The van der Waals surface area contributed by atoms with E-state index in [9.17, 15) is 9.59 Å². The van der Waals surface area contributed by atoms with Crippen molar-refractivity contribution in [2.24, 2.45) is 5.92 Å². The molecule has 36 heavy (non-hydrogen) atoms. The van der Waals surface area contributed by atoms with E-state index in [0.717, 1.165) is 43.2 Å². The molecule has 7 nitrogen and oxygen atoms in total. The number of piperidine rings is 1. The Labute approximate surface area is 220 Å². The second-order valence-electron chi connectivity index (χ2n) is 9.53. The fourth-order valence-electron chi connectivity index (χ4n) is 4.80. The Balaban J connectivity index is 1.12. The van der Waals surface area contributed by atoms with Crippen molar-refractivity contribution in [1.29, 1.82) is 0 Å². The monoisotopic (exact) mass is 523 g/mol. The molecule has 5 rings (SSSR count). The molecule has 3 heterocycles. The van der Waals surface area contributed by atoms with Gasteiger partial charge < -0.3 is 10.2 Å². The van der Waals surface area contributed by atoms with Crippen molar-refractivity contribution in [2.45, 2.75) is 45.1 Å². The van der Waals surface area contributed by atoms with E-state index < -0.39 is 5.92 Å². The number of hydrogen-bond acceptors (Lipinski definition) is 6. The van der Waals surface area contributed by atoms with E-state index >= 15 is 0 Å². The lowest BCUT2D eigenvalue weighted by Gasteiger charge is -2.26. The van der Waals surface area contributed by atoms with Crippen LogP contribution in [0.25, 0.3) is 0 Å². The van der Waals surface area contributed by atoms with Gasteiger partial charge in [0, 0.05) is 36.6 Å². The molecule has 1 N–H and O–H groups in total. The maximum absolute atomic E-state index is 12.9. The lowest BCUT2D eigenvalue weighted by Crippen LogP contribution is -2.29. The molecule has 0 saturated carbocycles. The number of amides is 2. The second-order valence-corrected chi connectivity index (χ2v) is 11.0. The summed E-state index contributed by atoms with van der Waals surface area (Å²) in [5.41, 5.74) is 3.27. The lowest BCUT2D eigenvalue weighted by atomic mass is 10.1. The highest BCUT2D eigenvalue weighted by molar-refractivity contribution is 7.15. The first-order chi connectivity index (χ1) is 17.5. The molecule has 2 aliphatic rings. The predicted octanol–water partition coefficient (Wildman–Crippen LogP) is 4.95. The van der Waals surface area contributed by atoms with Crippen LogP contribution in [-0.4, -0.2) is 46.5 Å². The number of aromatic nitrogens is 2. The molecule has 3 aromatic rings. The van der Waals surface area contributed by atoms with Gasteiger partial charge in [0.25, 0.3) is 0 Å². The second kappa shape index (κ2) is 11.5. The number of halogens is 1. The highest BCUT2D eigenvalue weighted by Gasteiger charge is 2.35. The molecular formula is C27H30ClN5O2S. The maximum atomic E-state index is 12.9. The van der Waals surface area contributed by atoms with Crippen molar-refractivity contribution in [3.8, 4) is 0 Å². The Morgan fingerprint density at radius 2 is 1.69 bits per heavy atom. The van der Waals surface area contributed by atoms with Gasteiger partial charge in [0.2, 0.25) is 16.9 Å². The molecule has 2 saturated heterocycles. The van der Waals surface area contributed by atoms with Gasteiger partial charge in [-0.2, -0.15) is 0 Å². The molecule has 188 valence electrons. The standard InChI is InChI=1S/C27H30ClN5O2S/c28-22-9-4-19(5-10-22)8-13-24-30-31-27(36-24)29-26(35)21-16-25(34)33(18-21)23-11-6-20(7-12-23)17-32-14-2-1-3-15-32/h4-7,9-12,21H,1-3,8,13-18H2,(H,29,31,35). The number of nitrogens with one attached hydrogen (secondary N) is 1. The highest BCUT2D eigenvalue weighted by atomic mass is 35.5. The van der Waals surface area contributed by atoms with Crippen molar-refractivity contribution >= 4 is 45.6 Å². The van der Waals surface area contributed by atoms with Crippen LogP contribution in [0.2, 0.25) is 5.02 Å². The summed E-state index contributed by atoms with van der Waals surface area (Å²) in [4.78, 5) is 29.8. The average Bonchev–Trinajstić information content (AvgIpc) is 3.51. The van der Waals surface area contributed by atoms with Crippen molar-refractivity contribution in [3.05, 3.63) is 69.7 Å². The summed E-state index contributed by atoms with van der Waals surface area (Å²) in [6.07, 6.45) is 5.62. The van der Waals surface area contributed by atoms with E-state index in [1.807, 2.05) is 36.4 Å². The Kier molecular flexibility index (Phi) is 7.94. The molecular weight excluding hydrogens is 494 g/mol. The third kappa shape index (κ3) is 6.30. The Hall–Kier alpha value is -2.81. The van der Waals surface area contributed by atoms with Crippen LogP contribution in [0.5, 0.6) is 0 Å². The van der Waals surface area contributed by atoms with Gasteiger partial charge in [0.05, 0.1) is 5.92 Å². The number of carbonyl (C=O) groups is 2. The minimum absolute atomic E-state index is 0.0279. The van der Waals surface area contributed by atoms with E-state index in [2.05, 4.69) is 32.5 Å². The summed E-state index contributed by atoms with van der Waals surface area (Å²) in [7, 11) is 0. The van der Waals surface area contributed by atoms with E-state index in [-0.39, 0.29) is 18.2 Å². The van der Waals surface area contributed by atoms with Crippen molar-refractivity contribution in [2.75, 3.05) is 29.9 Å². The van der Waals surface area contributed by atoms with Gasteiger partial charge in [-0.15, -0.1) is 10.2 Å². The van der Waals surface area contributed by atoms with Gasteiger partial charge >= 0.3 is 0 Å². The van der Waals surface area contributed by atoms with Crippen molar-refractivity contribution in [1.82, 2.24) is 15.1 Å². The zero-order valence-electron chi connectivity index (χ0n) is 20.2. The number of carbonyl (C=O) groups excluding carboxylic acids is 2. The lowest BCUT2D eigenvalue weighted by molar-refractivity contribution is -0.122. The largest absolute Gasteiger partial charge is 0.312 e. The normalized spacial score (nSPS) is 18.5. The topological polar surface area (TPSA) is 78.4 Å². The Bertz CT molecular complexity index is 1190. The number of nitrogens with zero attached hydrogens (tertiary/aromatic N) is 4. The van der Waals surface area contributed by atoms with Crippen molar-refractivity contribution in [3.63, 3.8) is 0 Å². The molecule has 2 fully saturated rings. The van der Waals surface area contributed by atoms with Gasteiger partial charge in [0.15, 0.2) is 0 Å². The zero-order chi connectivity index (χ0) is 24.9. The third-order valence-electron chi connectivity index (χ3n) is 6.84. The van der Waals surface area contributed by atoms with Gasteiger partial charge in [-0.05, 0) is 67.7 Å². The van der Waals surface area contributed by atoms with E-state index in [1.165, 1.54) is 41.7 Å². The van der Waals surface area contributed by atoms with Crippen LogP contribution in [0.15, 0.2) is 48.5 Å². The Morgan fingerprint density at radius 3 is 2.44 bits per heavy atom. The molecule has 0 aliphatic carbocycles. The number of aryl methyl sites for hydroxylation is 2. The zero-order valence-corrected chi connectivity index (χ0v) is 21.7. The van der Waals surface area contributed by atoms with Crippen molar-refractivity contribution < 1.29 is 9.59 Å². The number of rotatable bonds is 8. The van der Waals surface area contributed by atoms with Gasteiger partial charge in [-0.25, -0.2) is 0 Å². The average molecular weight is 524 g/mol. The fraction of sp³-hybridized carbons (Fsp3) is 0.407. The van der Waals surface area contributed by atoms with Crippen LogP contribution in [0, 0.1) is 5.92 Å². The molecule has 9 heteroatoms. The summed E-state index contributed by atoms with van der Waals surface area (Å²) in [6, 6.07) is 15.9. The van der Waals surface area contributed by atoms with E-state index in [1.54, 1.807) is 4.90 Å². The summed E-state index contributed by atoms with van der Waals surface area (Å²) < 4.78 is 0. The Morgan fingerprint density at radius 1 is 0.972 bits per heavy atom. The van der Waals surface area contributed by atoms with Crippen LogP contribution in [0.4, 0.5) is 10.8 Å². The molecule has 1 aromatic heterocycles.